The van der Waals surface area contributed by atoms with Crippen LogP contribution in [-0.4, -0.2) is 32.4 Å². The Morgan fingerprint density at radius 1 is 1.30 bits per heavy atom. The van der Waals surface area contributed by atoms with E-state index in [4.69, 9.17) is 11.6 Å². The topological polar surface area (TPSA) is 50.3 Å². The first-order chi connectivity index (χ1) is 9.41. The Balaban J connectivity index is 2.59. The molecule has 0 aliphatic rings. The molecule has 0 saturated heterocycles. The second-order valence-corrected chi connectivity index (χ2v) is 7.78. The van der Waals surface area contributed by atoms with Gasteiger partial charge in [0.15, 0.2) is 4.47 Å². The number of halogens is 1. The number of hydrogen-bond acceptors (Lipinski definition) is 5. The van der Waals surface area contributed by atoms with Crippen molar-refractivity contribution in [3.05, 3.63) is 52.1 Å². The lowest BCUT2D eigenvalue weighted by molar-refractivity contribution is 0.564. The van der Waals surface area contributed by atoms with Crippen LogP contribution >= 0.6 is 22.9 Å². The van der Waals surface area contributed by atoms with E-state index in [0.717, 1.165) is 11.3 Å². The van der Waals surface area contributed by atoms with Crippen LogP contribution in [0.2, 0.25) is 4.47 Å². The number of nitrogens with zero attached hydrogens (tertiary/aromatic N) is 2. The van der Waals surface area contributed by atoms with Crippen LogP contribution in [0.1, 0.15) is 4.88 Å². The van der Waals surface area contributed by atoms with Crippen LogP contribution in [0.5, 0.6) is 0 Å². The third-order valence-electron chi connectivity index (χ3n) is 2.44. The van der Waals surface area contributed by atoms with E-state index in [1.165, 1.54) is 6.20 Å². The fourth-order valence-corrected chi connectivity index (χ4v) is 4.33. The van der Waals surface area contributed by atoms with Gasteiger partial charge >= 0.3 is 0 Å². The highest BCUT2D eigenvalue weighted by molar-refractivity contribution is 8.00. The molecule has 4 nitrogen and oxygen atoms in total. The molecule has 0 atom stereocenters. The van der Waals surface area contributed by atoms with Gasteiger partial charge in [0.05, 0.1) is 9.77 Å². The second kappa shape index (κ2) is 5.95. The molecule has 0 saturated carbocycles. The minimum atomic E-state index is -3.60. The smallest absolute Gasteiger partial charge is 0.209 e. The van der Waals surface area contributed by atoms with Crippen molar-refractivity contribution >= 4 is 37.7 Å². The Labute approximate surface area is 127 Å². The average Bonchev–Trinajstić information content (AvgIpc) is 2.83. The maximum atomic E-state index is 12.7. The number of benzene rings is 1. The van der Waals surface area contributed by atoms with Crippen molar-refractivity contribution in [2.24, 2.45) is 0 Å². The number of thiazole rings is 1. The van der Waals surface area contributed by atoms with Crippen molar-refractivity contribution in [1.29, 1.82) is 0 Å². The summed E-state index contributed by atoms with van der Waals surface area (Å²) >= 11 is 6.95. The van der Waals surface area contributed by atoms with Crippen molar-refractivity contribution in [3.8, 4) is 0 Å². The molecule has 7 heteroatoms. The summed E-state index contributed by atoms with van der Waals surface area (Å²) in [6, 6.07) is 8.31. The van der Waals surface area contributed by atoms with Gasteiger partial charge in [-0.05, 0) is 12.1 Å². The molecule has 0 amide bonds. The van der Waals surface area contributed by atoms with Crippen LogP contribution < -0.4 is 0 Å². The minimum absolute atomic E-state index is 0.193. The zero-order chi connectivity index (χ0) is 14.8. The van der Waals surface area contributed by atoms with E-state index in [0.29, 0.717) is 9.34 Å². The normalized spacial score (nSPS) is 12.4. The third-order valence-corrected chi connectivity index (χ3v) is 5.51. The van der Waals surface area contributed by atoms with Gasteiger partial charge in [-0.15, -0.1) is 11.3 Å². The zero-order valence-electron chi connectivity index (χ0n) is 10.9. The summed E-state index contributed by atoms with van der Waals surface area (Å²) in [4.78, 5) is 6.56. The third kappa shape index (κ3) is 3.20. The van der Waals surface area contributed by atoms with E-state index in [2.05, 4.69) is 4.98 Å². The Kier molecular flexibility index (Phi) is 4.47. The molecule has 2 rings (SSSR count). The van der Waals surface area contributed by atoms with Crippen molar-refractivity contribution in [2.75, 3.05) is 14.1 Å². The Hall–Kier alpha value is -1.37. The lowest BCUT2D eigenvalue weighted by Gasteiger charge is -2.11. The number of sulfone groups is 1. The van der Waals surface area contributed by atoms with E-state index in [1.807, 2.05) is 0 Å². The SMILES string of the molecule is CN(C)/C=C(\c1cnc(Cl)s1)S(=O)(=O)c1ccccc1. The molecule has 1 aromatic carbocycles. The van der Waals surface area contributed by atoms with Gasteiger partial charge in [-0.2, -0.15) is 0 Å². The highest BCUT2D eigenvalue weighted by Crippen LogP contribution is 2.32. The van der Waals surface area contributed by atoms with Crippen LogP contribution in [0.3, 0.4) is 0 Å². The molecule has 0 fully saturated rings. The Morgan fingerprint density at radius 3 is 2.45 bits per heavy atom. The largest absolute Gasteiger partial charge is 0.382 e. The molecule has 0 bridgehead atoms. The van der Waals surface area contributed by atoms with Gasteiger partial charge in [0.2, 0.25) is 9.84 Å². The fraction of sp³-hybridized carbons (Fsp3) is 0.154. The first-order valence-corrected chi connectivity index (χ1v) is 8.39. The number of aromatic nitrogens is 1. The van der Waals surface area contributed by atoms with Gasteiger partial charge in [-0.3, -0.25) is 0 Å². The maximum Gasteiger partial charge on any atom is 0.209 e. The lowest BCUT2D eigenvalue weighted by Crippen LogP contribution is -2.09. The van der Waals surface area contributed by atoms with Gasteiger partial charge < -0.3 is 4.90 Å². The van der Waals surface area contributed by atoms with Crippen LogP contribution in [0.15, 0.2) is 47.6 Å². The van der Waals surface area contributed by atoms with Gasteiger partial charge in [0.25, 0.3) is 0 Å². The van der Waals surface area contributed by atoms with Gasteiger partial charge in [-0.1, -0.05) is 29.8 Å². The monoisotopic (exact) mass is 328 g/mol. The van der Waals surface area contributed by atoms with Crippen molar-refractivity contribution < 1.29 is 8.42 Å². The molecule has 0 N–H and O–H groups in total. The van der Waals surface area contributed by atoms with Gasteiger partial charge in [0.1, 0.15) is 4.91 Å². The summed E-state index contributed by atoms with van der Waals surface area (Å²) in [7, 11) is -0.0706. The molecule has 0 unspecified atom stereocenters. The summed E-state index contributed by atoms with van der Waals surface area (Å²) in [5.74, 6) is 0. The molecule has 2 aromatic rings. The summed E-state index contributed by atoms with van der Waals surface area (Å²) in [6.45, 7) is 0. The molecular formula is C13H13ClN2O2S2. The minimum Gasteiger partial charge on any atom is -0.382 e. The summed E-state index contributed by atoms with van der Waals surface area (Å²) in [6.07, 6.45) is 3.04. The Bertz CT molecular complexity index is 722. The van der Waals surface area contributed by atoms with Gasteiger partial charge in [-0.25, -0.2) is 13.4 Å². The standard InChI is InChI=1S/C13H13ClN2O2S2/c1-16(2)9-12(11-8-15-13(14)19-11)20(17,18)10-6-4-3-5-7-10/h3-9H,1-2H3/b12-9+. The molecule has 20 heavy (non-hydrogen) atoms. The second-order valence-electron chi connectivity index (χ2n) is 4.25. The van der Waals surface area contributed by atoms with Crippen molar-refractivity contribution in [1.82, 2.24) is 9.88 Å². The van der Waals surface area contributed by atoms with Gasteiger partial charge in [0, 0.05) is 26.5 Å². The Morgan fingerprint density at radius 2 is 1.95 bits per heavy atom. The lowest BCUT2D eigenvalue weighted by atomic mass is 10.4. The molecule has 0 aliphatic carbocycles. The van der Waals surface area contributed by atoms with E-state index in [-0.39, 0.29) is 9.80 Å². The van der Waals surface area contributed by atoms with E-state index in [1.54, 1.807) is 55.5 Å². The molecule has 106 valence electrons. The van der Waals surface area contributed by atoms with Crippen molar-refractivity contribution in [3.63, 3.8) is 0 Å². The highest BCUT2D eigenvalue weighted by atomic mass is 35.5. The van der Waals surface area contributed by atoms with E-state index < -0.39 is 9.84 Å². The zero-order valence-corrected chi connectivity index (χ0v) is 13.3. The predicted molar refractivity (Wildman–Crippen MR) is 82.4 cm³/mol. The fourth-order valence-electron chi connectivity index (χ4n) is 1.59. The highest BCUT2D eigenvalue weighted by Gasteiger charge is 2.24. The molecule has 0 radical (unpaired) electrons. The summed E-state index contributed by atoms with van der Waals surface area (Å²) in [5.41, 5.74) is 0. The van der Waals surface area contributed by atoms with Crippen LogP contribution in [0.25, 0.3) is 4.91 Å². The number of hydrogen-bond donors (Lipinski definition) is 0. The summed E-state index contributed by atoms with van der Waals surface area (Å²) in [5, 5.41) is 0. The van der Waals surface area contributed by atoms with E-state index >= 15 is 0 Å². The van der Waals surface area contributed by atoms with E-state index in [9.17, 15) is 8.42 Å². The van der Waals surface area contributed by atoms with Crippen LogP contribution in [0, 0.1) is 0 Å². The molecular weight excluding hydrogens is 316 g/mol. The predicted octanol–water partition coefficient (Wildman–Crippen LogP) is 3.13. The van der Waals surface area contributed by atoms with Crippen LogP contribution in [-0.2, 0) is 9.84 Å². The van der Waals surface area contributed by atoms with Crippen molar-refractivity contribution in [2.45, 2.75) is 4.90 Å². The quantitative estimate of drug-likeness (QED) is 0.865. The summed E-state index contributed by atoms with van der Waals surface area (Å²) < 4.78 is 25.7. The number of rotatable bonds is 4. The average molecular weight is 329 g/mol. The molecule has 1 aromatic heterocycles. The molecule has 0 spiro atoms. The van der Waals surface area contributed by atoms with Crippen LogP contribution in [0.4, 0.5) is 0 Å². The molecule has 1 heterocycles. The first kappa shape index (κ1) is 15.0. The molecule has 0 aliphatic heterocycles. The maximum absolute atomic E-state index is 12.7. The first-order valence-electron chi connectivity index (χ1n) is 5.71.